The summed E-state index contributed by atoms with van der Waals surface area (Å²) in [6, 6.07) is 10.2. The normalized spacial score (nSPS) is 14.6. The molecule has 1 saturated heterocycles. The fourth-order valence-corrected chi connectivity index (χ4v) is 3.55. The molecule has 1 fully saturated rings. The lowest BCUT2D eigenvalue weighted by Crippen LogP contribution is -2.43. The molecule has 0 bridgehead atoms. The van der Waals surface area contributed by atoms with Crippen LogP contribution < -0.4 is 5.43 Å². The summed E-state index contributed by atoms with van der Waals surface area (Å²) in [6.45, 7) is 7.42. The number of amides is 2. The summed E-state index contributed by atoms with van der Waals surface area (Å²) in [5.74, 6) is -1.18. The molecule has 142 valence electrons. The van der Waals surface area contributed by atoms with Gasteiger partial charge >= 0.3 is 11.8 Å². The van der Waals surface area contributed by atoms with Crippen LogP contribution in [-0.2, 0) is 9.59 Å². The zero-order valence-electron chi connectivity index (χ0n) is 16.2. The topological polar surface area (TPSA) is 66.7 Å². The number of benzene rings is 1. The number of para-hydroxylation sites is 1. The van der Waals surface area contributed by atoms with E-state index in [9.17, 15) is 9.59 Å². The largest absolute Gasteiger partial charge is 0.334 e. The number of nitrogens with one attached hydrogen (secondary N) is 1. The third kappa shape index (κ3) is 4.10. The second-order valence-corrected chi connectivity index (χ2v) is 7.00. The number of hydrogen-bond donors (Lipinski definition) is 1. The molecule has 0 radical (unpaired) electrons. The van der Waals surface area contributed by atoms with Crippen molar-refractivity contribution in [1.82, 2.24) is 14.9 Å². The molecule has 3 rings (SSSR count). The molecule has 2 aromatic rings. The molecule has 2 amide bonds. The minimum Gasteiger partial charge on any atom is -0.334 e. The third-order valence-corrected chi connectivity index (χ3v) is 5.03. The number of hydrazone groups is 1. The number of carbonyl (C=O) groups excluding carboxylic acids is 2. The Labute approximate surface area is 159 Å². The number of rotatable bonds is 3. The van der Waals surface area contributed by atoms with Crippen molar-refractivity contribution in [3.8, 4) is 5.69 Å². The summed E-state index contributed by atoms with van der Waals surface area (Å²) in [4.78, 5) is 25.8. The van der Waals surface area contributed by atoms with Crippen LogP contribution in [0.3, 0.4) is 0 Å². The van der Waals surface area contributed by atoms with E-state index in [1.54, 1.807) is 11.1 Å². The fraction of sp³-hybridized carbons (Fsp3) is 0.381. The summed E-state index contributed by atoms with van der Waals surface area (Å²) in [5, 5.41) is 4.00. The van der Waals surface area contributed by atoms with E-state index in [0.717, 1.165) is 41.9 Å². The van der Waals surface area contributed by atoms with Crippen LogP contribution in [0.25, 0.3) is 5.69 Å². The highest BCUT2D eigenvalue weighted by Crippen LogP contribution is 2.22. The zero-order chi connectivity index (χ0) is 19.4. The monoisotopic (exact) mass is 366 g/mol. The molecule has 1 aliphatic heterocycles. The van der Waals surface area contributed by atoms with Crippen molar-refractivity contribution >= 4 is 18.0 Å². The summed E-state index contributed by atoms with van der Waals surface area (Å²) in [5.41, 5.74) is 7.69. The molecule has 1 aromatic carbocycles. The van der Waals surface area contributed by atoms with Crippen LogP contribution in [-0.4, -0.2) is 40.6 Å². The summed E-state index contributed by atoms with van der Waals surface area (Å²) < 4.78 is 2.16. The molecule has 0 spiro atoms. The van der Waals surface area contributed by atoms with Crippen molar-refractivity contribution in [1.29, 1.82) is 0 Å². The Morgan fingerprint density at radius 1 is 1.07 bits per heavy atom. The number of likely N-dealkylation sites (tertiary alicyclic amines) is 1. The predicted octanol–water partition coefficient (Wildman–Crippen LogP) is 2.87. The van der Waals surface area contributed by atoms with E-state index in [0.29, 0.717) is 13.1 Å². The molecule has 0 aliphatic carbocycles. The summed E-state index contributed by atoms with van der Waals surface area (Å²) in [6.07, 6.45) is 4.61. The smallest absolute Gasteiger partial charge is 0.329 e. The van der Waals surface area contributed by atoms with Gasteiger partial charge in [-0.25, -0.2) is 5.43 Å². The molecular formula is C21H26N4O2. The number of nitrogens with zero attached hydrogens (tertiary/aromatic N) is 3. The Balaban J connectivity index is 1.71. The molecule has 6 nitrogen and oxygen atoms in total. The molecule has 1 aromatic heterocycles. The van der Waals surface area contributed by atoms with Crippen LogP contribution in [0.4, 0.5) is 0 Å². The van der Waals surface area contributed by atoms with E-state index < -0.39 is 11.8 Å². The Kier molecular flexibility index (Phi) is 5.74. The van der Waals surface area contributed by atoms with Gasteiger partial charge in [0.2, 0.25) is 0 Å². The van der Waals surface area contributed by atoms with Crippen molar-refractivity contribution in [2.24, 2.45) is 5.10 Å². The van der Waals surface area contributed by atoms with Crippen LogP contribution in [0.1, 0.15) is 41.8 Å². The average Bonchev–Trinajstić information content (AvgIpc) is 2.96. The number of carbonyl (C=O) groups is 2. The van der Waals surface area contributed by atoms with Crippen molar-refractivity contribution in [2.45, 2.75) is 40.0 Å². The predicted molar refractivity (Wildman–Crippen MR) is 106 cm³/mol. The van der Waals surface area contributed by atoms with Gasteiger partial charge in [0.25, 0.3) is 0 Å². The van der Waals surface area contributed by atoms with Gasteiger partial charge in [-0.2, -0.15) is 5.10 Å². The molecular weight excluding hydrogens is 340 g/mol. The van der Waals surface area contributed by atoms with E-state index in [2.05, 4.69) is 34.2 Å². The first kappa shape index (κ1) is 18.9. The highest BCUT2D eigenvalue weighted by Gasteiger charge is 2.22. The lowest BCUT2D eigenvalue weighted by Gasteiger charge is -2.25. The lowest BCUT2D eigenvalue weighted by atomic mass is 10.1. The van der Waals surface area contributed by atoms with Crippen LogP contribution >= 0.6 is 0 Å². The van der Waals surface area contributed by atoms with Crippen LogP contribution in [0.5, 0.6) is 0 Å². The second-order valence-electron chi connectivity index (χ2n) is 7.00. The van der Waals surface area contributed by atoms with Gasteiger partial charge in [0, 0.05) is 35.7 Å². The van der Waals surface area contributed by atoms with Crippen molar-refractivity contribution in [2.75, 3.05) is 13.1 Å². The van der Waals surface area contributed by atoms with Gasteiger partial charge < -0.3 is 9.47 Å². The molecule has 2 heterocycles. The van der Waals surface area contributed by atoms with Crippen LogP contribution in [0, 0.1) is 20.8 Å². The Bertz CT molecular complexity index is 876. The van der Waals surface area contributed by atoms with E-state index in [4.69, 9.17) is 0 Å². The van der Waals surface area contributed by atoms with Gasteiger partial charge in [0.1, 0.15) is 0 Å². The van der Waals surface area contributed by atoms with E-state index in [-0.39, 0.29) is 0 Å². The lowest BCUT2D eigenvalue weighted by molar-refractivity contribution is -0.146. The first-order valence-electron chi connectivity index (χ1n) is 9.36. The highest BCUT2D eigenvalue weighted by atomic mass is 16.2. The quantitative estimate of drug-likeness (QED) is 0.516. The fourth-order valence-electron chi connectivity index (χ4n) is 3.55. The van der Waals surface area contributed by atoms with E-state index in [1.165, 1.54) is 5.56 Å². The Morgan fingerprint density at radius 2 is 1.78 bits per heavy atom. The average molecular weight is 366 g/mol. The van der Waals surface area contributed by atoms with Gasteiger partial charge in [-0.15, -0.1) is 0 Å². The van der Waals surface area contributed by atoms with Gasteiger partial charge in [0.05, 0.1) is 6.21 Å². The molecule has 1 N–H and O–H groups in total. The maximum absolute atomic E-state index is 12.1. The minimum absolute atomic E-state index is 0.503. The minimum atomic E-state index is -0.680. The van der Waals surface area contributed by atoms with Gasteiger partial charge in [-0.05, 0) is 57.7 Å². The Morgan fingerprint density at radius 3 is 2.48 bits per heavy atom. The standard InChI is InChI=1S/C21H26N4O2/c1-15-9-5-6-10-19(15)25-16(2)13-18(17(25)3)14-22-23-20(26)21(27)24-11-7-4-8-12-24/h5-6,9-10,13-14H,4,7-8,11-12H2,1-3H3,(H,23,26)/b22-14-. The van der Waals surface area contributed by atoms with Gasteiger partial charge in [0.15, 0.2) is 0 Å². The molecule has 0 atom stereocenters. The third-order valence-electron chi connectivity index (χ3n) is 5.03. The first-order valence-corrected chi connectivity index (χ1v) is 9.36. The highest BCUT2D eigenvalue weighted by molar-refractivity contribution is 6.35. The number of aromatic nitrogens is 1. The Hall–Kier alpha value is -2.89. The molecule has 0 saturated carbocycles. The molecule has 27 heavy (non-hydrogen) atoms. The van der Waals surface area contributed by atoms with E-state index >= 15 is 0 Å². The number of hydrogen-bond acceptors (Lipinski definition) is 3. The van der Waals surface area contributed by atoms with Crippen molar-refractivity contribution in [3.05, 3.63) is 52.8 Å². The zero-order valence-corrected chi connectivity index (χ0v) is 16.2. The van der Waals surface area contributed by atoms with E-state index in [1.807, 2.05) is 32.0 Å². The number of piperidine rings is 1. The summed E-state index contributed by atoms with van der Waals surface area (Å²) >= 11 is 0. The molecule has 0 unspecified atom stereocenters. The maximum Gasteiger partial charge on any atom is 0.329 e. The van der Waals surface area contributed by atoms with Crippen LogP contribution in [0.2, 0.25) is 0 Å². The van der Waals surface area contributed by atoms with Crippen molar-refractivity contribution in [3.63, 3.8) is 0 Å². The maximum atomic E-state index is 12.1. The van der Waals surface area contributed by atoms with Gasteiger partial charge in [-0.1, -0.05) is 18.2 Å². The number of aryl methyl sites for hydroxylation is 2. The van der Waals surface area contributed by atoms with Gasteiger partial charge in [-0.3, -0.25) is 9.59 Å². The SMILES string of the molecule is Cc1ccccc1-n1c(C)cc(/C=N\NC(=O)C(=O)N2CCCCC2)c1C. The van der Waals surface area contributed by atoms with Crippen molar-refractivity contribution < 1.29 is 9.59 Å². The van der Waals surface area contributed by atoms with Crippen LogP contribution in [0.15, 0.2) is 35.4 Å². The summed E-state index contributed by atoms with van der Waals surface area (Å²) in [7, 11) is 0. The molecule has 6 heteroatoms. The second kappa shape index (κ2) is 8.20. The first-order chi connectivity index (χ1) is 13.0. The molecule has 1 aliphatic rings.